The first kappa shape index (κ1) is 20.7. The predicted octanol–water partition coefficient (Wildman–Crippen LogP) is 3.91. The SMILES string of the molecule is O=C1COCCN1CCc1sccc1NS(=O)(=O)c1c(Cl)cc(Cl)cc1Cl. The molecule has 1 aliphatic rings. The Morgan fingerprint density at radius 2 is 1.93 bits per heavy atom. The van der Waals surface area contributed by atoms with Crippen molar-refractivity contribution in [2.75, 3.05) is 31.0 Å². The van der Waals surface area contributed by atoms with Crippen LogP contribution in [0.1, 0.15) is 4.88 Å². The van der Waals surface area contributed by atoms with Crippen molar-refractivity contribution in [1.82, 2.24) is 4.90 Å². The van der Waals surface area contributed by atoms with Crippen LogP contribution >= 0.6 is 46.1 Å². The lowest BCUT2D eigenvalue weighted by Crippen LogP contribution is -2.42. The highest BCUT2D eigenvalue weighted by atomic mass is 35.5. The number of carbonyl (C=O) groups is 1. The zero-order valence-corrected chi connectivity index (χ0v) is 17.8. The largest absolute Gasteiger partial charge is 0.370 e. The topological polar surface area (TPSA) is 75.7 Å². The van der Waals surface area contributed by atoms with Crippen LogP contribution in [0.2, 0.25) is 15.1 Å². The summed E-state index contributed by atoms with van der Waals surface area (Å²) >= 11 is 19.3. The number of nitrogens with zero attached hydrogens (tertiary/aromatic N) is 1. The molecule has 0 radical (unpaired) electrons. The highest BCUT2D eigenvalue weighted by Gasteiger charge is 2.24. The molecule has 27 heavy (non-hydrogen) atoms. The van der Waals surface area contributed by atoms with Gasteiger partial charge in [0.1, 0.15) is 11.5 Å². The van der Waals surface area contributed by atoms with Crippen molar-refractivity contribution in [2.45, 2.75) is 11.3 Å². The fourth-order valence-electron chi connectivity index (χ4n) is 2.63. The number of amides is 1. The average molecular weight is 470 g/mol. The number of sulfonamides is 1. The molecule has 0 spiro atoms. The van der Waals surface area contributed by atoms with Crippen molar-refractivity contribution in [3.05, 3.63) is 43.5 Å². The number of anilines is 1. The molecule has 11 heteroatoms. The van der Waals surface area contributed by atoms with E-state index in [9.17, 15) is 13.2 Å². The van der Waals surface area contributed by atoms with Crippen molar-refractivity contribution < 1.29 is 17.9 Å². The van der Waals surface area contributed by atoms with E-state index in [1.165, 1.54) is 23.5 Å². The van der Waals surface area contributed by atoms with Gasteiger partial charge in [0.15, 0.2) is 0 Å². The van der Waals surface area contributed by atoms with Crippen LogP contribution in [0.25, 0.3) is 0 Å². The quantitative estimate of drug-likeness (QED) is 0.696. The first-order valence-corrected chi connectivity index (χ1v) is 11.4. The van der Waals surface area contributed by atoms with Crippen LogP contribution in [0, 0.1) is 0 Å². The van der Waals surface area contributed by atoms with E-state index in [0.717, 1.165) is 4.88 Å². The van der Waals surface area contributed by atoms with E-state index in [2.05, 4.69) is 4.72 Å². The summed E-state index contributed by atoms with van der Waals surface area (Å²) in [7, 11) is -4.00. The number of thiophene rings is 1. The molecule has 0 aliphatic carbocycles. The highest BCUT2D eigenvalue weighted by Crippen LogP contribution is 2.35. The number of benzene rings is 1. The summed E-state index contributed by atoms with van der Waals surface area (Å²) in [4.78, 5) is 14.1. The smallest absolute Gasteiger partial charge is 0.264 e. The Bertz CT molecular complexity index is 939. The maximum absolute atomic E-state index is 12.8. The number of ether oxygens (including phenoxy) is 1. The molecule has 1 aromatic heterocycles. The average Bonchev–Trinajstić information content (AvgIpc) is 2.99. The van der Waals surface area contributed by atoms with Gasteiger partial charge in [-0.2, -0.15) is 0 Å². The third kappa shape index (κ3) is 4.88. The fourth-order valence-corrected chi connectivity index (χ4v) is 6.16. The molecule has 1 aliphatic heterocycles. The van der Waals surface area contributed by atoms with Crippen LogP contribution < -0.4 is 4.72 Å². The van der Waals surface area contributed by atoms with E-state index in [0.29, 0.717) is 31.8 Å². The molecule has 0 unspecified atom stereocenters. The summed E-state index contributed by atoms with van der Waals surface area (Å²) < 4.78 is 33.2. The Morgan fingerprint density at radius 1 is 1.22 bits per heavy atom. The van der Waals surface area contributed by atoms with Gasteiger partial charge in [-0.3, -0.25) is 9.52 Å². The van der Waals surface area contributed by atoms with Gasteiger partial charge in [-0.1, -0.05) is 34.8 Å². The van der Waals surface area contributed by atoms with Crippen molar-refractivity contribution in [3.63, 3.8) is 0 Å². The van der Waals surface area contributed by atoms with Crippen LogP contribution in [0.3, 0.4) is 0 Å². The van der Waals surface area contributed by atoms with Crippen LogP contribution in [0.15, 0.2) is 28.5 Å². The molecule has 3 rings (SSSR count). The summed E-state index contributed by atoms with van der Waals surface area (Å²) in [6.45, 7) is 1.60. The molecular weight excluding hydrogens is 455 g/mol. The molecule has 0 atom stereocenters. The second-order valence-corrected chi connectivity index (χ2v) is 9.62. The summed E-state index contributed by atoms with van der Waals surface area (Å²) in [5, 5.41) is 1.90. The number of morpholine rings is 1. The lowest BCUT2D eigenvalue weighted by atomic mass is 10.3. The van der Waals surface area contributed by atoms with Crippen LogP contribution in [0.4, 0.5) is 5.69 Å². The van der Waals surface area contributed by atoms with Gasteiger partial charge in [-0.15, -0.1) is 11.3 Å². The van der Waals surface area contributed by atoms with Gasteiger partial charge in [0.05, 0.1) is 22.3 Å². The maximum atomic E-state index is 12.8. The molecule has 1 aromatic carbocycles. The third-order valence-electron chi connectivity index (χ3n) is 3.91. The number of halogens is 3. The van der Waals surface area contributed by atoms with E-state index in [-0.39, 0.29) is 32.5 Å². The maximum Gasteiger partial charge on any atom is 0.264 e. The van der Waals surface area contributed by atoms with Crippen molar-refractivity contribution in [1.29, 1.82) is 0 Å². The molecule has 1 N–H and O–H groups in total. The number of rotatable bonds is 6. The fraction of sp³-hybridized carbons (Fsp3) is 0.312. The minimum Gasteiger partial charge on any atom is -0.370 e. The molecule has 2 aromatic rings. The molecule has 2 heterocycles. The van der Waals surface area contributed by atoms with Gasteiger partial charge in [0.2, 0.25) is 5.91 Å². The minimum atomic E-state index is -4.00. The zero-order valence-electron chi connectivity index (χ0n) is 13.9. The van der Waals surface area contributed by atoms with E-state index >= 15 is 0 Å². The Morgan fingerprint density at radius 3 is 2.59 bits per heavy atom. The van der Waals surface area contributed by atoms with Crippen molar-refractivity contribution in [2.24, 2.45) is 0 Å². The van der Waals surface area contributed by atoms with E-state index in [1.54, 1.807) is 16.3 Å². The third-order valence-corrected chi connectivity index (χ3v) is 7.40. The van der Waals surface area contributed by atoms with Crippen LogP contribution in [-0.4, -0.2) is 45.5 Å². The van der Waals surface area contributed by atoms with Gasteiger partial charge in [0, 0.05) is 29.4 Å². The lowest BCUT2D eigenvalue weighted by Gasteiger charge is -2.26. The predicted molar refractivity (Wildman–Crippen MR) is 108 cm³/mol. The molecule has 6 nitrogen and oxygen atoms in total. The van der Waals surface area contributed by atoms with Gasteiger partial charge in [-0.25, -0.2) is 8.42 Å². The number of hydrogen-bond donors (Lipinski definition) is 1. The van der Waals surface area contributed by atoms with E-state index < -0.39 is 10.0 Å². The van der Waals surface area contributed by atoms with Gasteiger partial charge >= 0.3 is 0 Å². The van der Waals surface area contributed by atoms with Gasteiger partial charge in [-0.05, 0) is 23.6 Å². The number of carbonyl (C=O) groups excluding carboxylic acids is 1. The van der Waals surface area contributed by atoms with E-state index in [1.807, 2.05) is 0 Å². The Kier molecular flexibility index (Phi) is 6.55. The molecule has 1 amide bonds. The van der Waals surface area contributed by atoms with Crippen LogP contribution in [-0.2, 0) is 26.0 Å². The molecular formula is C16H15Cl3N2O4S2. The molecule has 1 fully saturated rings. The monoisotopic (exact) mass is 468 g/mol. The Balaban J connectivity index is 1.77. The standard InChI is InChI=1S/C16H15Cl3N2O4S2/c17-10-7-11(18)16(12(19)8-10)27(23,24)20-13-2-6-26-14(13)1-3-21-4-5-25-9-15(21)22/h2,6-8,20H,1,3-5,9H2. The minimum absolute atomic E-state index is 0.0595. The van der Waals surface area contributed by atoms with Gasteiger partial charge < -0.3 is 9.64 Å². The Labute approximate surface area is 176 Å². The van der Waals surface area contributed by atoms with Crippen LogP contribution in [0.5, 0.6) is 0 Å². The Hall–Kier alpha value is -1.03. The molecule has 1 saturated heterocycles. The van der Waals surface area contributed by atoms with Crippen molar-refractivity contribution >= 4 is 67.8 Å². The first-order valence-electron chi connectivity index (χ1n) is 7.87. The molecule has 146 valence electrons. The first-order chi connectivity index (χ1) is 12.8. The highest BCUT2D eigenvalue weighted by molar-refractivity contribution is 7.93. The second kappa shape index (κ2) is 8.55. The summed E-state index contributed by atoms with van der Waals surface area (Å²) in [6.07, 6.45) is 0.517. The normalized spacial score (nSPS) is 15.2. The molecule has 0 bridgehead atoms. The second-order valence-electron chi connectivity index (χ2n) is 5.74. The zero-order chi connectivity index (χ0) is 19.6. The summed E-state index contributed by atoms with van der Waals surface area (Å²) in [5.74, 6) is -0.0698. The summed E-state index contributed by atoms with van der Waals surface area (Å²) in [6, 6.07) is 4.31. The van der Waals surface area contributed by atoms with Crippen molar-refractivity contribution in [3.8, 4) is 0 Å². The number of nitrogens with one attached hydrogen (secondary N) is 1. The summed E-state index contributed by atoms with van der Waals surface area (Å²) in [5.41, 5.74) is 0.433. The van der Waals surface area contributed by atoms with Gasteiger partial charge in [0.25, 0.3) is 10.0 Å². The number of hydrogen-bond acceptors (Lipinski definition) is 5. The molecule has 0 saturated carbocycles. The lowest BCUT2D eigenvalue weighted by molar-refractivity contribution is -0.142. The van der Waals surface area contributed by atoms with E-state index in [4.69, 9.17) is 39.5 Å².